The fourth-order valence-electron chi connectivity index (χ4n) is 3.35. The molecule has 1 N–H and O–H groups in total. The summed E-state index contributed by atoms with van der Waals surface area (Å²) in [6, 6.07) is 0. The van der Waals surface area contributed by atoms with E-state index in [4.69, 9.17) is 4.74 Å². The van der Waals surface area contributed by atoms with Gasteiger partial charge in [-0.25, -0.2) is 4.39 Å². The van der Waals surface area contributed by atoms with Gasteiger partial charge in [0.25, 0.3) is 5.91 Å². The topological polar surface area (TPSA) is 53.0 Å². The Morgan fingerprint density at radius 1 is 1.23 bits per heavy atom. The van der Waals surface area contributed by atoms with E-state index < -0.39 is 17.2 Å². The zero-order valence-corrected chi connectivity index (χ0v) is 14.2. The molecule has 5 nitrogen and oxygen atoms in total. The zero-order valence-electron chi connectivity index (χ0n) is 14.2. The molecule has 6 heteroatoms. The number of piperidine rings is 1. The molecule has 22 heavy (non-hydrogen) atoms. The maximum atomic E-state index is 15.1. The number of carbonyl (C=O) groups is 1. The number of aliphatic hydroxyl groups is 1. The summed E-state index contributed by atoms with van der Waals surface area (Å²) >= 11 is 0. The number of rotatable bonds is 3. The third kappa shape index (κ3) is 3.29. The number of hydrogen-bond acceptors (Lipinski definition) is 4. The first-order valence-corrected chi connectivity index (χ1v) is 8.05. The molecule has 128 valence electrons. The number of nitrogens with zero attached hydrogens (tertiary/aromatic N) is 2. The Bertz CT molecular complexity index is 410. The zero-order chi connectivity index (χ0) is 16.6. The fraction of sp³-hybridized carbons (Fsp3) is 0.938. The second-order valence-corrected chi connectivity index (χ2v) is 7.65. The molecule has 1 unspecified atom stereocenters. The number of methoxy groups -OCH3 is 1. The second kappa shape index (κ2) is 6.06. The molecule has 2 fully saturated rings. The standard InChI is InChI=1S/C16H29FN2O3/c1-14(2,3)19-10-7-16(17,11-19)13(21)18-8-5-15(12-20,22-4)6-9-18/h20H,5-12H2,1-4H3. The highest BCUT2D eigenvalue weighted by atomic mass is 19.1. The van der Waals surface area contributed by atoms with E-state index in [0.717, 1.165) is 0 Å². The summed E-state index contributed by atoms with van der Waals surface area (Å²) in [4.78, 5) is 16.2. The van der Waals surface area contributed by atoms with Crippen LogP contribution in [0.25, 0.3) is 0 Å². The van der Waals surface area contributed by atoms with Crippen LogP contribution in [0, 0.1) is 0 Å². The molecular weight excluding hydrogens is 287 g/mol. The average molecular weight is 316 g/mol. The highest BCUT2D eigenvalue weighted by Crippen LogP contribution is 2.34. The Kier molecular flexibility index (Phi) is 4.85. The molecule has 2 heterocycles. The Morgan fingerprint density at radius 2 is 1.82 bits per heavy atom. The summed E-state index contributed by atoms with van der Waals surface area (Å²) in [5.74, 6) is -0.401. The van der Waals surface area contributed by atoms with Crippen molar-refractivity contribution in [1.82, 2.24) is 9.80 Å². The Morgan fingerprint density at radius 3 is 2.23 bits per heavy atom. The van der Waals surface area contributed by atoms with Crippen molar-refractivity contribution < 1.29 is 19.0 Å². The van der Waals surface area contributed by atoms with Crippen molar-refractivity contribution in [3.05, 3.63) is 0 Å². The largest absolute Gasteiger partial charge is 0.393 e. The SMILES string of the molecule is COC1(CO)CCN(C(=O)C2(F)CCN(C(C)(C)C)C2)CC1. The van der Waals surface area contributed by atoms with E-state index in [1.54, 1.807) is 12.0 Å². The van der Waals surface area contributed by atoms with Crippen LogP contribution in [0.4, 0.5) is 4.39 Å². The van der Waals surface area contributed by atoms with E-state index in [2.05, 4.69) is 0 Å². The van der Waals surface area contributed by atoms with Crippen LogP contribution in [-0.4, -0.2) is 77.5 Å². The number of ether oxygens (including phenoxy) is 1. The molecule has 2 aliphatic heterocycles. The van der Waals surface area contributed by atoms with Gasteiger partial charge >= 0.3 is 0 Å². The highest BCUT2D eigenvalue weighted by Gasteiger charge is 2.50. The number of hydrogen-bond donors (Lipinski definition) is 1. The van der Waals surface area contributed by atoms with E-state index in [9.17, 15) is 9.90 Å². The van der Waals surface area contributed by atoms with Crippen molar-refractivity contribution in [2.75, 3.05) is 39.9 Å². The van der Waals surface area contributed by atoms with Crippen LogP contribution in [0.1, 0.15) is 40.0 Å². The lowest BCUT2D eigenvalue weighted by Gasteiger charge is -2.41. The van der Waals surface area contributed by atoms with E-state index in [0.29, 0.717) is 32.5 Å². The van der Waals surface area contributed by atoms with Gasteiger partial charge in [-0.3, -0.25) is 9.69 Å². The molecule has 0 saturated carbocycles. The van der Waals surface area contributed by atoms with Crippen molar-refractivity contribution in [2.45, 2.75) is 56.8 Å². The summed E-state index contributed by atoms with van der Waals surface area (Å²) in [5.41, 5.74) is -2.48. The highest BCUT2D eigenvalue weighted by molar-refractivity contribution is 5.86. The maximum Gasteiger partial charge on any atom is 0.261 e. The summed E-state index contributed by atoms with van der Waals surface area (Å²) in [7, 11) is 1.57. The number of likely N-dealkylation sites (tertiary alicyclic amines) is 2. The van der Waals surface area contributed by atoms with E-state index in [-0.39, 0.29) is 25.1 Å². The lowest BCUT2D eigenvalue weighted by Crippen LogP contribution is -2.55. The molecule has 2 rings (SSSR count). The third-order valence-corrected chi connectivity index (χ3v) is 5.23. The first kappa shape index (κ1) is 17.6. The number of carbonyl (C=O) groups excluding carboxylic acids is 1. The molecule has 1 atom stereocenters. The number of alkyl halides is 1. The van der Waals surface area contributed by atoms with Gasteiger partial charge in [0.15, 0.2) is 0 Å². The number of halogens is 1. The molecule has 0 aromatic rings. The van der Waals surface area contributed by atoms with E-state index in [1.807, 2.05) is 25.7 Å². The van der Waals surface area contributed by atoms with Gasteiger partial charge in [-0.15, -0.1) is 0 Å². The van der Waals surface area contributed by atoms with Crippen molar-refractivity contribution in [1.29, 1.82) is 0 Å². The quantitative estimate of drug-likeness (QED) is 0.850. The Hall–Kier alpha value is -0.720. The minimum atomic E-state index is -1.78. The van der Waals surface area contributed by atoms with Crippen molar-refractivity contribution in [3.8, 4) is 0 Å². The normalized spacial score (nSPS) is 29.8. The molecule has 1 amide bonds. The fourth-order valence-corrected chi connectivity index (χ4v) is 3.35. The molecule has 0 bridgehead atoms. The minimum absolute atomic E-state index is 0.0654. The van der Waals surface area contributed by atoms with Crippen LogP contribution < -0.4 is 0 Å². The molecular formula is C16H29FN2O3. The lowest BCUT2D eigenvalue weighted by atomic mass is 9.90. The van der Waals surface area contributed by atoms with Crippen LogP contribution in [-0.2, 0) is 9.53 Å². The third-order valence-electron chi connectivity index (χ3n) is 5.23. The summed E-state index contributed by atoms with van der Waals surface area (Å²) in [6.07, 6.45) is 1.35. The molecule has 0 aliphatic carbocycles. The summed E-state index contributed by atoms with van der Waals surface area (Å²) in [5, 5.41) is 9.44. The van der Waals surface area contributed by atoms with Crippen LogP contribution in [0.2, 0.25) is 0 Å². The van der Waals surface area contributed by atoms with E-state index in [1.165, 1.54) is 0 Å². The molecule has 2 aliphatic rings. The molecule has 2 saturated heterocycles. The minimum Gasteiger partial charge on any atom is -0.393 e. The van der Waals surface area contributed by atoms with Gasteiger partial charge in [0.05, 0.1) is 12.2 Å². The van der Waals surface area contributed by atoms with Crippen molar-refractivity contribution in [2.24, 2.45) is 0 Å². The smallest absolute Gasteiger partial charge is 0.261 e. The first-order chi connectivity index (χ1) is 10.2. The van der Waals surface area contributed by atoms with Crippen LogP contribution in [0.15, 0.2) is 0 Å². The van der Waals surface area contributed by atoms with Gasteiger partial charge in [-0.05, 0) is 33.6 Å². The average Bonchev–Trinajstić information content (AvgIpc) is 2.90. The monoisotopic (exact) mass is 316 g/mol. The van der Waals surface area contributed by atoms with Gasteiger partial charge in [-0.1, -0.05) is 0 Å². The molecule has 0 aromatic carbocycles. The van der Waals surface area contributed by atoms with Gasteiger partial charge in [0.2, 0.25) is 5.67 Å². The van der Waals surface area contributed by atoms with Crippen LogP contribution in [0.5, 0.6) is 0 Å². The van der Waals surface area contributed by atoms with Gasteiger partial charge < -0.3 is 14.7 Å². The lowest BCUT2D eigenvalue weighted by molar-refractivity contribution is -0.151. The molecule has 0 aromatic heterocycles. The van der Waals surface area contributed by atoms with Gasteiger partial charge in [-0.2, -0.15) is 0 Å². The predicted octanol–water partition coefficient (Wildman–Crippen LogP) is 1.20. The number of amides is 1. The summed E-state index contributed by atoms with van der Waals surface area (Å²) < 4.78 is 20.5. The van der Waals surface area contributed by atoms with Crippen molar-refractivity contribution >= 4 is 5.91 Å². The Balaban J connectivity index is 1.99. The van der Waals surface area contributed by atoms with E-state index >= 15 is 4.39 Å². The van der Waals surface area contributed by atoms with Crippen LogP contribution >= 0.6 is 0 Å². The second-order valence-electron chi connectivity index (χ2n) is 7.65. The molecule has 0 spiro atoms. The van der Waals surface area contributed by atoms with Crippen molar-refractivity contribution in [3.63, 3.8) is 0 Å². The summed E-state index contributed by atoms with van der Waals surface area (Å²) in [6.45, 7) is 7.71. The Labute approximate surface area is 132 Å². The number of aliphatic hydroxyl groups excluding tert-OH is 1. The first-order valence-electron chi connectivity index (χ1n) is 8.05. The molecule has 0 radical (unpaired) electrons. The van der Waals surface area contributed by atoms with Gasteiger partial charge in [0.1, 0.15) is 0 Å². The van der Waals surface area contributed by atoms with Crippen LogP contribution in [0.3, 0.4) is 0 Å². The predicted molar refractivity (Wildman–Crippen MR) is 82.4 cm³/mol. The van der Waals surface area contributed by atoms with Gasteiger partial charge in [0, 0.05) is 45.2 Å². The maximum absolute atomic E-state index is 15.1.